The van der Waals surface area contributed by atoms with Gasteiger partial charge in [0.1, 0.15) is 12.2 Å². The van der Waals surface area contributed by atoms with Crippen molar-refractivity contribution in [2.45, 2.75) is 84.5 Å². The van der Waals surface area contributed by atoms with Gasteiger partial charge in [-0.25, -0.2) is 0 Å². The van der Waals surface area contributed by atoms with Crippen LogP contribution in [-0.4, -0.2) is 35.4 Å². The molecule has 1 fully saturated rings. The van der Waals surface area contributed by atoms with Crippen LogP contribution >= 0.6 is 0 Å². The lowest BCUT2D eigenvalue weighted by atomic mass is 9.65. The molecule has 1 saturated heterocycles. The maximum atomic E-state index is 12.5. The lowest BCUT2D eigenvalue weighted by Crippen LogP contribution is -2.42. The van der Waals surface area contributed by atoms with Gasteiger partial charge in [-0.15, -0.1) is 0 Å². The molecule has 2 unspecified atom stereocenters. The number of hydrogen-bond donors (Lipinski definition) is 1. The van der Waals surface area contributed by atoms with E-state index in [-0.39, 0.29) is 42.4 Å². The minimum absolute atomic E-state index is 0.0854. The highest BCUT2D eigenvalue weighted by Gasteiger charge is 2.42. The Morgan fingerprint density at radius 3 is 2.76 bits per heavy atom. The van der Waals surface area contributed by atoms with Gasteiger partial charge in [0.05, 0.1) is 18.4 Å². The summed E-state index contributed by atoms with van der Waals surface area (Å²) in [5.74, 6) is 0.755. The van der Waals surface area contributed by atoms with Crippen molar-refractivity contribution in [1.82, 2.24) is 0 Å². The van der Waals surface area contributed by atoms with E-state index < -0.39 is 6.10 Å². The molecule has 5 heteroatoms. The second-order valence-corrected chi connectivity index (χ2v) is 9.36. The number of carbonyl (C=O) groups is 2. The molecule has 0 aromatic carbocycles. The lowest BCUT2D eigenvalue weighted by Gasteiger charge is -2.43. The third-order valence-corrected chi connectivity index (χ3v) is 6.93. The zero-order valence-electron chi connectivity index (χ0n) is 18.2. The molecule has 1 N–H and O–H groups in total. The predicted octanol–water partition coefficient (Wildman–Crippen LogP) is 4.20. The quantitative estimate of drug-likeness (QED) is 0.672. The minimum atomic E-state index is -0.597. The molecular formula is C24H36O5. The SMILES string of the molecule is CC[C@H](C)C(=O)O[C@H]1C[C@@H](C)C=C2C=C[C@H](C)[C@H](CCC3C[C@@H](O)CC(=O)O3)C21. The van der Waals surface area contributed by atoms with E-state index in [4.69, 9.17) is 9.47 Å². The summed E-state index contributed by atoms with van der Waals surface area (Å²) in [6.45, 7) is 8.33. The van der Waals surface area contributed by atoms with Crippen LogP contribution in [0.4, 0.5) is 0 Å². The van der Waals surface area contributed by atoms with Crippen molar-refractivity contribution in [3.05, 3.63) is 23.8 Å². The Balaban J connectivity index is 1.74. The first kappa shape index (κ1) is 22.1. The van der Waals surface area contributed by atoms with E-state index in [0.29, 0.717) is 24.2 Å². The molecule has 29 heavy (non-hydrogen) atoms. The van der Waals surface area contributed by atoms with Crippen molar-refractivity contribution in [3.8, 4) is 0 Å². The van der Waals surface area contributed by atoms with Gasteiger partial charge < -0.3 is 14.6 Å². The van der Waals surface area contributed by atoms with E-state index >= 15 is 0 Å². The zero-order valence-corrected chi connectivity index (χ0v) is 18.2. The van der Waals surface area contributed by atoms with Gasteiger partial charge in [0.25, 0.3) is 0 Å². The average molecular weight is 405 g/mol. The summed E-state index contributed by atoms with van der Waals surface area (Å²) in [6, 6.07) is 0. The molecule has 3 rings (SSSR count). The third-order valence-electron chi connectivity index (χ3n) is 6.93. The zero-order chi connectivity index (χ0) is 21.1. The highest BCUT2D eigenvalue weighted by molar-refractivity contribution is 5.72. The Hall–Kier alpha value is -1.62. The summed E-state index contributed by atoms with van der Waals surface area (Å²) < 4.78 is 11.5. The van der Waals surface area contributed by atoms with Gasteiger partial charge in [-0.1, -0.05) is 45.9 Å². The fraction of sp³-hybridized carbons (Fsp3) is 0.750. The van der Waals surface area contributed by atoms with Crippen LogP contribution in [0.3, 0.4) is 0 Å². The summed E-state index contributed by atoms with van der Waals surface area (Å²) in [4.78, 5) is 24.2. The van der Waals surface area contributed by atoms with E-state index in [1.54, 1.807) is 0 Å². The van der Waals surface area contributed by atoms with Crippen molar-refractivity contribution in [1.29, 1.82) is 0 Å². The Labute approximate surface area is 174 Å². The molecule has 0 spiro atoms. The number of ether oxygens (including phenoxy) is 2. The summed E-state index contributed by atoms with van der Waals surface area (Å²) in [6.07, 6.45) is 9.70. The van der Waals surface area contributed by atoms with E-state index in [9.17, 15) is 14.7 Å². The van der Waals surface area contributed by atoms with Gasteiger partial charge in [-0.2, -0.15) is 0 Å². The van der Waals surface area contributed by atoms with Crippen LogP contribution in [0.5, 0.6) is 0 Å². The highest BCUT2D eigenvalue weighted by atomic mass is 16.5. The highest BCUT2D eigenvalue weighted by Crippen LogP contribution is 2.45. The molecule has 0 radical (unpaired) electrons. The number of fused-ring (bicyclic) bond motifs is 1. The molecule has 0 saturated carbocycles. The molecule has 1 aliphatic heterocycles. The fourth-order valence-electron chi connectivity index (χ4n) is 5.07. The summed E-state index contributed by atoms with van der Waals surface area (Å²) in [5, 5.41) is 9.89. The van der Waals surface area contributed by atoms with Crippen molar-refractivity contribution >= 4 is 11.9 Å². The number of carbonyl (C=O) groups excluding carboxylic acids is 2. The Morgan fingerprint density at radius 1 is 1.31 bits per heavy atom. The maximum absolute atomic E-state index is 12.5. The average Bonchev–Trinajstić information content (AvgIpc) is 2.65. The maximum Gasteiger partial charge on any atom is 0.308 e. The number of esters is 2. The Bertz CT molecular complexity index is 666. The smallest absolute Gasteiger partial charge is 0.308 e. The van der Waals surface area contributed by atoms with Crippen LogP contribution in [0.15, 0.2) is 23.8 Å². The van der Waals surface area contributed by atoms with Crippen molar-refractivity contribution in [3.63, 3.8) is 0 Å². The van der Waals surface area contributed by atoms with Gasteiger partial charge >= 0.3 is 11.9 Å². The van der Waals surface area contributed by atoms with Crippen molar-refractivity contribution in [2.24, 2.45) is 29.6 Å². The third kappa shape index (κ3) is 5.30. The molecule has 1 heterocycles. The predicted molar refractivity (Wildman–Crippen MR) is 111 cm³/mol. The molecular weight excluding hydrogens is 368 g/mol. The molecule has 8 atom stereocenters. The van der Waals surface area contributed by atoms with Crippen LogP contribution in [0, 0.1) is 29.6 Å². The molecule has 0 aromatic rings. The number of cyclic esters (lactones) is 1. The van der Waals surface area contributed by atoms with Crippen molar-refractivity contribution in [2.75, 3.05) is 0 Å². The molecule has 0 amide bonds. The van der Waals surface area contributed by atoms with Gasteiger partial charge in [0, 0.05) is 12.3 Å². The second kappa shape index (κ2) is 9.46. The van der Waals surface area contributed by atoms with E-state index in [0.717, 1.165) is 25.7 Å². The van der Waals surface area contributed by atoms with Crippen LogP contribution in [-0.2, 0) is 19.1 Å². The molecule has 0 bridgehead atoms. The van der Waals surface area contributed by atoms with Gasteiger partial charge in [0.2, 0.25) is 0 Å². The number of rotatable bonds is 6. The Kier molecular flexibility index (Phi) is 7.20. The van der Waals surface area contributed by atoms with Gasteiger partial charge in [-0.3, -0.25) is 9.59 Å². The largest absolute Gasteiger partial charge is 0.462 e. The molecule has 0 aromatic heterocycles. The monoisotopic (exact) mass is 404 g/mol. The standard InChI is InChI=1S/C24H36O5/c1-5-15(3)24(27)29-21-11-14(2)10-17-7-6-16(4)20(23(17)21)9-8-19-12-18(25)13-22(26)28-19/h6-7,10,14-16,18-21,23,25H,5,8-9,11-13H2,1-4H3/t14-,15-,16-,18+,19?,20-,21-,23?/m0/s1. The minimum Gasteiger partial charge on any atom is -0.462 e. The second-order valence-electron chi connectivity index (χ2n) is 9.36. The molecule has 3 aliphatic rings. The summed E-state index contributed by atoms with van der Waals surface area (Å²) in [7, 11) is 0. The normalized spacial score (nSPS) is 37.9. The number of aliphatic hydroxyl groups is 1. The number of aliphatic hydroxyl groups excluding tert-OH is 1. The van der Waals surface area contributed by atoms with Crippen LogP contribution in [0.2, 0.25) is 0 Å². The van der Waals surface area contributed by atoms with E-state index in [1.165, 1.54) is 5.57 Å². The van der Waals surface area contributed by atoms with Crippen LogP contribution in [0.1, 0.15) is 66.2 Å². The number of allylic oxidation sites excluding steroid dienone is 3. The van der Waals surface area contributed by atoms with Crippen LogP contribution in [0.25, 0.3) is 0 Å². The molecule has 162 valence electrons. The molecule has 2 aliphatic carbocycles. The lowest BCUT2D eigenvalue weighted by molar-refractivity contribution is -0.162. The van der Waals surface area contributed by atoms with Crippen LogP contribution < -0.4 is 0 Å². The topological polar surface area (TPSA) is 72.8 Å². The van der Waals surface area contributed by atoms with Crippen molar-refractivity contribution < 1.29 is 24.2 Å². The van der Waals surface area contributed by atoms with E-state index in [2.05, 4.69) is 32.1 Å². The summed E-state index contributed by atoms with van der Waals surface area (Å²) >= 11 is 0. The fourth-order valence-corrected chi connectivity index (χ4v) is 5.07. The first-order valence-electron chi connectivity index (χ1n) is 11.3. The van der Waals surface area contributed by atoms with Gasteiger partial charge in [0.15, 0.2) is 0 Å². The summed E-state index contributed by atoms with van der Waals surface area (Å²) in [5.41, 5.74) is 1.27. The number of hydrogen-bond acceptors (Lipinski definition) is 5. The first-order chi connectivity index (χ1) is 13.8. The van der Waals surface area contributed by atoms with E-state index in [1.807, 2.05) is 13.8 Å². The Morgan fingerprint density at radius 2 is 2.07 bits per heavy atom. The van der Waals surface area contributed by atoms with Gasteiger partial charge in [-0.05, 0) is 49.0 Å². The molecule has 5 nitrogen and oxygen atoms in total. The first-order valence-corrected chi connectivity index (χ1v) is 11.3.